The van der Waals surface area contributed by atoms with E-state index in [9.17, 15) is 4.79 Å². The summed E-state index contributed by atoms with van der Waals surface area (Å²) in [5.41, 5.74) is 1.12. The summed E-state index contributed by atoms with van der Waals surface area (Å²) in [6, 6.07) is 22.1. The van der Waals surface area contributed by atoms with E-state index >= 15 is 0 Å². The highest BCUT2D eigenvalue weighted by molar-refractivity contribution is 9.10. The highest BCUT2D eigenvalue weighted by Gasteiger charge is 2.12. The number of halogens is 1. The van der Waals surface area contributed by atoms with Crippen molar-refractivity contribution in [1.82, 2.24) is 0 Å². The second-order valence-electron chi connectivity index (χ2n) is 6.04. The first-order chi connectivity index (χ1) is 14.2. The molecule has 0 atom stereocenters. The van der Waals surface area contributed by atoms with E-state index in [0.717, 1.165) is 10.2 Å². The molecule has 3 aromatic carbocycles. The van der Waals surface area contributed by atoms with Crippen LogP contribution >= 0.6 is 15.9 Å². The molecule has 150 valence electrons. The van der Waals surface area contributed by atoms with Gasteiger partial charge in [-0.2, -0.15) is 0 Å². The predicted octanol–water partition coefficient (Wildman–Crippen LogP) is 5.56. The largest absolute Gasteiger partial charge is 0.493 e. The van der Waals surface area contributed by atoms with Gasteiger partial charge in [0, 0.05) is 5.56 Å². The van der Waals surface area contributed by atoms with Gasteiger partial charge < -0.3 is 19.5 Å². The average Bonchev–Trinajstić information content (AvgIpc) is 2.74. The fourth-order valence-electron chi connectivity index (χ4n) is 2.63. The summed E-state index contributed by atoms with van der Waals surface area (Å²) >= 11 is 3.43. The number of hydrogen-bond acceptors (Lipinski definition) is 4. The molecule has 0 aliphatic rings. The Morgan fingerprint density at radius 1 is 0.862 bits per heavy atom. The third-order valence-corrected chi connectivity index (χ3v) is 4.60. The van der Waals surface area contributed by atoms with E-state index in [-0.39, 0.29) is 5.91 Å². The maximum absolute atomic E-state index is 12.6. The van der Waals surface area contributed by atoms with Gasteiger partial charge in [0.1, 0.15) is 30.5 Å². The average molecular weight is 456 g/mol. The Balaban J connectivity index is 1.59. The van der Waals surface area contributed by atoms with Crippen LogP contribution in [-0.2, 0) is 0 Å². The van der Waals surface area contributed by atoms with E-state index < -0.39 is 0 Å². The molecule has 0 aliphatic heterocycles. The molecule has 0 saturated heterocycles. The van der Waals surface area contributed by atoms with E-state index in [0.29, 0.717) is 42.6 Å². The van der Waals surface area contributed by atoms with Crippen molar-refractivity contribution < 1.29 is 19.0 Å². The number of para-hydroxylation sites is 3. The lowest BCUT2D eigenvalue weighted by atomic mass is 10.2. The zero-order valence-electron chi connectivity index (χ0n) is 16.1. The van der Waals surface area contributed by atoms with Crippen LogP contribution in [0.5, 0.6) is 17.2 Å². The Kier molecular flexibility index (Phi) is 7.53. The van der Waals surface area contributed by atoms with Crippen LogP contribution in [0.1, 0.15) is 17.3 Å². The number of nitrogens with one attached hydrogen (secondary N) is 1. The fraction of sp³-hybridized carbons (Fsp3) is 0.174. The molecule has 0 radical (unpaired) electrons. The SMILES string of the molecule is CCOc1ccc(C(=O)Nc2ccccc2OCCOc2ccccc2)cc1Br. The lowest BCUT2D eigenvalue weighted by Crippen LogP contribution is -2.14. The van der Waals surface area contributed by atoms with Gasteiger partial charge in [-0.25, -0.2) is 0 Å². The number of carbonyl (C=O) groups excluding carboxylic acids is 1. The van der Waals surface area contributed by atoms with Crippen molar-refractivity contribution in [1.29, 1.82) is 0 Å². The molecule has 29 heavy (non-hydrogen) atoms. The van der Waals surface area contributed by atoms with E-state index in [1.807, 2.05) is 55.5 Å². The summed E-state index contributed by atoms with van der Waals surface area (Å²) in [4.78, 5) is 12.6. The first kappa shape index (κ1) is 20.7. The monoisotopic (exact) mass is 455 g/mol. The minimum Gasteiger partial charge on any atom is -0.493 e. The summed E-state index contributed by atoms with van der Waals surface area (Å²) in [7, 11) is 0. The number of anilines is 1. The van der Waals surface area contributed by atoms with Crippen molar-refractivity contribution in [3.05, 3.63) is 82.8 Å². The van der Waals surface area contributed by atoms with Crippen LogP contribution < -0.4 is 19.5 Å². The highest BCUT2D eigenvalue weighted by Crippen LogP contribution is 2.28. The topological polar surface area (TPSA) is 56.8 Å². The number of amides is 1. The first-order valence-electron chi connectivity index (χ1n) is 9.30. The normalized spacial score (nSPS) is 10.3. The second kappa shape index (κ2) is 10.5. The minimum atomic E-state index is -0.231. The van der Waals surface area contributed by atoms with Gasteiger partial charge in [0.15, 0.2) is 0 Å². The van der Waals surface area contributed by atoms with Crippen molar-refractivity contribution >= 4 is 27.5 Å². The van der Waals surface area contributed by atoms with Gasteiger partial charge in [-0.3, -0.25) is 4.79 Å². The molecule has 1 amide bonds. The molecule has 5 nitrogen and oxygen atoms in total. The lowest BCUT2D eigenvalue weighted by Gasteiger charge is -2.13. The van der Waals surface area contributed by atoms with Gasteiger partial charge in [-0.1, -0.05) is 30.3 Å². The first-order valence-corrected chi connectivity index (χ1v) is 10.1. The Hall–Kier alpha value is -2.99. The smallest absolute Gasteiger partial charge is 0.255 e. The van der Waals surface area contributed by atoms with Gasteiger partial charge in [-0.05, 0) is 65.3 Å². The molecule has 0 fully saturated rings. The number of benzene rings is 3. The summed E-state index contributed by atoms with van der Waals surface area (Å²) in [5, 5.41) is 2.90. The van der Waals surface area contributed by atoms with Crippen molar-refractivity contribution in [2.75, 3.05) is 25.1 Å². The van der Waals surface area contributed by atoms with Gasteiger partial charge in [0.05, 0.1) is 16.8 Å². The van der Waals surface area contributed by atoms with E-state index in [1.165, 1.54) is 0 Å². The highest BCUT2D eigenvalue weighted by atomic mass is 79.9. The van der Waals surface area contributed by atoms with Crippen molar-refractivity contribution in [3.8, 4) is 17.2 Å². The van der Waals surface area contributed by atoms with Crippen LogP contribution in [0, 0.1) is 0 Å². The summed E-state index contributed by atoms with van der Waals surface area (Å²) in [6.07, 6.45) is 0. The molecule has 3 aromatic rings. The van der Waals surface area contributed by atoms with E-state index in [4.69, 9.17) is 14.2 Å². The quantitative estimate of drug-likeness (QED) is 0.429. The second-order valence-corrected chi connectivity index (χ2v) is 6.89. The third-order valence-electron chi connectivity index (χ3n) is 3.98. The third kappa shape index (κ3) is 5.99. The lowest BCUT2D eigenvalue weighted by molar-refractivity contribution is 0.102. The molecule has 0 heterocycles. The molecule has 0 aliphatic carbocycles. The Morgan fingerprint density at radius 2 is 1.59 bits per heavy atom. The maximum atomic E-state index is 12.6. The van der Waals surface area contributed by atoms with E-state index in [2.05, 4.69) is 21.2 Å². The van der Waals surface area contributed by atoms with Crippen LogP contribution in [0.3, 0.4) is 0 Å². The molecule has 0 bridgehead atoms. The van der Waals surface area contributed by atoms with Crippen molar-refractivity contribution in [2.45, 2.75) is 6.92 Å². The van der Waals surface area contributed by atoms with Crippen LogP contribution in [-0.4, -0.2) is 25.7 Å². The molecule has 0 spiro atoms. The zero-order chi connectivity index (χ0) is 20.5. The molecule has 6 heteroatoms. The molecule has 3 rings (SSSR count). The summed E-state index contributed by atoms with van der Waals surface area (Å²) in [5.74, 6) is 1.85. The van der Waals surface area contributed by atoms with Crippen LogP contribution in [0.4, 0.5) is 5.69 Å². The van der Waals surface area contributed by atoms with Gasteiger partial charge in [0.2, 0.25) is 0 Å². The maximum Gasteiger partial charge on any atom is 0.255 e. The summed E-state index contributed by atoms with van der Waals surface area (Å²) in [6.45, 7) is 3.23. The Labute approximate surface area is 178 Å². The predicted molar refractivity (Wildman–Crippen MR) is 117 cm³/mol. The molecular weight excluding hydrogens is 434 g/mol. The summed E-state index contributed by atoms with van der Waals surface area (Å²) < 4.78 is 17.7. The Bertz CT molecular complexity index is 947. The molecule has 0 unspecified atom stereocenters. The van der Waals surface area contributed by atoms with E-state index in [1.54, 1.807) is 24.3 Å². The molecular formula is C23H22BrNO4. The number of rotatable bonds is 9. The van der Waals surface area contributed by atoms with Crippen LogP contribution in [0.15, 0.2) is 77.3 Å². The fourth-order valence-corrected chi connectivity index (χ4v) is 3.13. The molecule has 1 N–H and O–H groups in total. The van der Waals surface area contributed by atoms with Crippen LogP contribution in [0.25, 0.3) is 0 Å². The molecule has 0 aromatic heterocycles. The van der Waals surface area contributed by atoms with Crippen molar-refractivity contribution in [3.63, 3.8) is 0 Å². The van der Waals surface area contributed by atoms with Gasteiger partial charge in [-0.15, -0.1) is 0 Å². The van der Waals surface area contributed by atoms with Crippen molar-refractivity contribution in [2.24, 2.45) is 0 Å². The Morgan fingerprint density at radius 3 is 2.34 bits per heavy atom. The molecule has 0 saturated carbocycles. The van der Waals surface area contributed by atoms with Gasteiger partial charge >= 0.3 is 0 Å². The van der Waals surface area contributed by atoms with Gasteiger partial charge in [0.25, 0.3) is 5.91 Å². The number of ether oxygens (including phenoxy) is 3. The van der Waals surface area contributed by atoms with Crippen LogP contribution in [0.2, 0.25) is 0 Å². The zero-order valence-corrected chi connectivity index (χ0v) is 17.6. The minimum absolute atomic E-state index is 0.231. The number of hydrogen-bond donors (Lipinski definition) is 1. The standard InChI is InChI=1S/C23H22BrNO4/c1-2-27-21-13-12-17(16-19(21)24)23(26)25-20-10-6-7-11-22(20)29-15-14-28-18-8-4-3-5-9-18/h3-13,16H,2,14-15H2,1H3,(H,25,26). The number of carbonyl (C=O) groups is 1.